The standard InChI is InChI=1S/C8H11O/c1-2-8(9)7-5-3-4-6-7/h3-6,8-9H,2H2,1H3/t8-/m1/s1. The van der Waals surface area contributed by atoms with Crippen molar-refractivity contribution in [2.75, 3.05) is 0 Å². The van der Waals surface area contributed by atoms with Gasteiger partial charge in [-0.25, -0.2) is 0 Å². The molecule has 1 fully saturated rings. The van der Waals surface area contributed by atoms with E-state index in [2.05, 4.69) is 0 Å². The van der Waals surface area contributed by atoms with Crippen molar-refractivity contribution < 1.29 is 5.11 Å². The average molecular weight is 123 g/mol. The first-order valence-corrected chi connectivity index (χ1v) is 3.24. The highest BCUT2D eigenvalue weighted by atomic mass is 16.3. The van der Waals surface area contributed by atoms with E-state index in [0.29, 0.717) is 0 Å². The normalized spacial score (nSPS) is 24.7. The van der Waals surface area contributed by atoms with Crippen molar-refractivity contribution >= 4 is 0 Å². The maximum Gasteiger partial charge on any atom is 0.0606 e. The van der Waals surface area contributed by atoms with Crippen molar-refractivity contribution in [1.29, 1.82) is 0 Å². The lowest BCUT2D eigenvalue weighted by Crippen LogP contribution is -2.14. The van der Waals surface area contributed by atoms with Crippen LogP contribution in [0.25, 0.3) is 0 Å². The molecule has 1 heteroatoms. The first kappa shape index (κ1) is 7.07. The van der Waals surface area contributed by atoms with Crippen LogP contribution in [0.4, 0.5) is 0 Å². The SMILES string of the molecule is CC[C@@H](O)[C]1[CH][CH][CH][CH]1. The van der Waals surface area contributed by atoms with Crippen molar-refractivity contribution in [2.45, 2.75) is 19.4 Å². The molecule has 0 aromatic rings. The molecule has 0 aromatic carbocycles. The van der Waals surface area contributed by atoms with Gasteiger partial charge in [0.1, 0.15) is 0 Å². The van der Waals surface area contributed by atoms with Gasteiger partial charge in [-0.1, -0.05) is 6.92 Å². The van der Waals surface area contributed by atoms with Crippen LogP contribution in [0.3, 0.4) is 0 Å². The monoisotopic (exact) mass is 123 g/mol. The molecule has 0 saturated heterocycles. The maximum absolute atomic E-state index is 9.22. The van der Waals surface area contributed by atoms with Crippen LogP contribution >= 0.6 is 0 Å². The van der Waals surface area contributed by atoms with E-state index in [1.165, 1.54) is 0 Å². The van der Waals surface area contributed by atoms with Crippen LogP contribution in [0.5, 0.6) is 0 Å². The highest BCUT2D eigenvalue weighted by molar-refractivity contribution is 5.37. The summed E-state index contributed by atoms with van der Waals surface area (Å²) in [4.78, 5) is 0. The second-order valence-corrected chi connectivity index (χ2v) is 2.14. The summed E-state index contributed by atoms with van der Waals surface area (Å²) < 4.78 is 0. The third-order valence-corrected chi connectivity index (χ3v) is 1.46. The molecule has 0 spiro atoms. The molecule has 0 bridgehead atoms. The highest BCUT2D eigenvalue weighted by Gasteiger charge is 2.22. The number of aliphatic hydroxyl groups is 1. The summed E-state index contributed by atoms with van der Waals surface area (Å²) in [7, 11) is 0. The Hall–Kier alpha value is -0.0400. The summed E-state index contributed by atoms with van der Waals surface area (Å²) in [6, 6.07) is 0. The number of hydrogen-bond donors (Lipinski definition) is 1. The smallest absolute Gasteiger partial charge is 0.0606 e. The highest BCUT2D eigenvalue weighted by Crippen LogP contribution is 2.27. The van der Waals surface area contributed by atoms with Gasteiger partial charge in [0.05, 0.1) is 6.10 Å². The van der Waals surface area contributed by atoms with E-state index >= 15 is 0 Å². The Morgan fingerprint density at radius 1 is 1.44 bits per heavy atom. The molecule has 5 radical (unpaired) electrons. The van der Waals surface area contributed by atoms with Crippen LogP contribution in [0, 0.1) is 31.6 Å². The molecule has 1 aliphatic rings. The van der Waals surface area contributed by atoms with Gasteiger partial charge < -0.3 is 5.11 Å². The second-order valence-electron chi connectivity index (χ2n) is 2.14. The van der Waals surface area contributed by atoms with Gasteiger partial charge in [-0.3, -0.25) is 0 Å². The van der Waals surface area contributed by atoms with E-state index in [4.69, 9.17) is 0 Å². The summed E-state index contributed by atoms with van der Waals surface area (Å²) in [5.74, 6) is 1.03. The molecule has 0 aliphatic heterocycles. The molecule has 1 N–H and O–H groups in total. The van der Waals surface area contributed by atoms with Gasteiger partial charge >= 0.3 is 0 Å². The predicted molar refractivity (Wildman–Crippen MR) is 36.7 cm³/mol. The Kier molecular flexibility index (Phi) is 2.52. The minimum Gasteiger partial charge on any atom is -0.393 e. The minimum atomic E-state index is -0.264. The van der Waals surface area contributed by atoms with E-state index in [1.54, 1.807) is 0 Å². The molecule has 1 saturated carbocycles. The van der Waals surface area contributed by atoms with Gasteiger partial charge in [0.15, 0.2) is 0 Å². The zero-order chi connectivity index (χ0) is 6.69. The maximum atomic E-state index is 9.22. The van der Waals surface area contributed by atoms with E-state index in [-0.39, 0.29) is 6.10 Å². The Morgan fingerprint density at radius 2 is 2.00 bits per heavy atom. The molecular formula is C8H11O. The summed E-state index contributed by atoms with van der Waals surface area (Å²) in [5.41, 5.74) is 0. The third-order valence-electron chi connectivity index (χ3n) is 1.46. The van der Waals surface area contributed by atoms with E-state index in [9.17, 15) is 5.11 Å². The van der Waals surface area contributed by atoms with Crippen molar-refractivity contribution in [1.82, 2.24) is 0 Å². The predicted octanol–water partition coefficient (Wildman–Crippen LogP) is 1.16. The molecule has 1 rings (SSSR count). The van der Waals surface area contributed by atoms with Crippen LogP contribution in [-0.2, 0) is 0 Å². The molecule has 0 unspecified atom stereocenters. The van der Waals surface area contributed by atoms with E-state index in [1.807, 2.05) is 32.6 Å². The van der Waals surface area contributed by atoms with Crippen molar-refractivity contribution in [2.24, 2.45) is 0 Å². The fourth-order valence-electron chi connectivity index (χ4n) is 0.847. The Bertz CT molecular complexity index is 74.6. The van der Waals surface area contributed by atoms with Gasteiger partial charge in [-0.15, -0.1) is 0 Å². The largest absolute Gasteiger partial charge is 0.393 e. The summed E-state index contributed by atoms with van der Waals surface area (Å²) in [5, 5.41) is 9.22. The Morgan fingerprint density at radius 3 is 2.44 bits per heavy atom. The zero-order valence-electron chi connectivity index (χ0n) is 5.54. The molecule has 0 amide bonds. The quantitative estimate of drug-likeness (QED) is 0.584. The average Bonchev–Trinajstić information content (AvgIpc) is 2.37. The fraction of sp³-hybridized carbons (Fsp3) is 0.375. The lowest BCUT2D eigenvalue weighted by atomic mass is 9.99. The topological polar surface area (TPSA) is 20.2 Å². The van der Waals surface area contributed by atoms with Crippen molar-refractivity contribution in [3.05, 3.63) is 31.6 Å². The Labute approximate surface area is 57.1 Å². The number of aliphatic hydroxyl groups excluding tert-OH is 1. The molecule has 1 nitrogen and oxygen atoms in total. The van der Waals surface area contributed by atoms with Gasteiger partial charge in [0.25, 0.3) is 0 Å². The third kappa shape index (κ3) is 1.68. The lowest BCUT2D eigenvalue weighted by molar-refractivity contribution is 0.192. The molecular weight excluding hydrogens is 112 g/mol. The fourth-order valence-corrected chi connectivity index (χ4v) is 0.847. The second kappa shape index (κ2) is 3.21. The van der Waals surface area contributed by atoms with Crippen molar-refractivity contribution in [3.63, 3.8) is 0 Å². The molecule has 0 aromatic heterocycles. The minimum absolute atomic E-state index is 0.264. The summed E-state index contributed by atoms with van der Waals surface area (Å²) in [6.07, 6.45) is 8.29. The Balaban J connectivity index is 2.24. The summed E-state index contributed by atoms with van der Waals surface area (Å²) in [6.45, 7) is 1.97. The van der Waals surface area contributed by atoms with Crippen LogP contribution in [0.15, 0.2) is 0 Å². The summed E-state index contributed by atoms with van der Waals surface area (Å²) >= 11 is 0. The van der Waals surface area contributed by atoms with Crippen LogP contribution in [0.2, 0.25) is 0 Å². The van der Waals surface area contributed by atoms with Gasteiger partial charge in [0, 0.05) is 5.92 Å². The first-order chi connectivity index (χ1) is 4.34. The van der Waals surface area contributed by atoms with Crippen LogP contribution in [0.1, 0.15) is 13.3 Å². The molecule has 9 heavy (non-hydrogen) atoms. The zero-order valence-corrected chi connectivity index (χ0v) is 5.54. The first-order valence-electron chi connectivity index (χ1n) is 3.24. The lowest BCUT2D eigenvalue weighted by Gasteiger charge is -2.12. The number of rotatable bonds is 2. The van der Waals surface area contributed by atoms with Gasteiger partial charge in [0.2, 0.25) is 0 Å². The van der Waals surface area contributed by atoms with Crippen LogP contribution in [-0.4, -0.2) is 11.2 Å². The number of hydrogen-bond acceptors (Lipinski definition) is 1. The molecule has 1 aliphatic carbocycles. The van der Waals surface area contributed by atoms with E-state index in [0.717, 1.165) is 12.3 Å². The molecule has 0 heterocycles. The molecule has 49 valence electrons. The van der Waals surface area contributed by atoms with Crippen molar-refractivity contribution in [3.8, 4) is 0 Å². The van der Waals surface area contributed by atoms with E-state index < -0.39 is 0 Å². The van der Waals surface area contributed by atoms with Crippen LogP contribution < -0.4 is 0 Å². The molecule has 1 atom stereocenters. The van der Waals surface area contributed by atoms with Gasteiger partial charge in [-0.05, 0) is 32.1 Å². The van der Waals surface area contributed by atoms with Gasteiger partial charge in [-0.2, -0.15) is 0 Å².